The lowest BCUT2D eigenvalue weighted by Gasteiger charge is -2.21. The van der Waals surface area contributed by atoms with Gasteiger partial charge in [-0.25, -0.2) is 12.7 Å². The molecule has 0 radical (unpaired) electrons. The van der Waals surface area contributed by atoms with Gasteiger partial charge in [-0.2, -0.15) is 13.2 Å². The van der Waals surface area contributed by atoms with Gasteiger partial charge in [-0.1, -0.05) is 43.6 Å². The second-order valence-corrected chi connectivity index (χ2v) is 12.9. The highest BCUT2D eigenvalue weighted by Gasteiger charge is 2.33. The van der Waals surface area contributed by atoms with Crippen LogP contribution in [-0.4, -0.2) is 50.7 Å². The molecule has 212 valence electrons. The molecule has 3 rings (SSSR count). The van der Waals surface area contributed by atoms with Crippen LogP contribution in [0.2, 0.25) is 5.02 Å². The molecule has 0 aliphatic heterocycles. The third-order valence-corrected chi connectivity index (χ3v) is 9.33. The van der Waals surface area contributed by atoms with Gasteiger partial charge in [0.2, 0.25) is 15.9 Å². The molecule has 0 aliphatic rings. The van der Waals surface area contributed by atoms with E-state index in [1.54, 1.807) is 6.07 Å². The molecule has 2 N–H and O–H groups in total. The van der Waals surface area contributed by atoms with Crippen LogP contribution < -0.4 is 10.6 Å². The number of hydrogen-bond acceptors (Lipinski definition) is 5. The minimum atomic E-state index is -4.65. The van der Waals surface area contributed by atoms with Gasteiger partial charge in [0.1, 0.15) is 10.9 Å². The minimum absolute atomic E-state index is 0.0248. The molecule has 1 heterocycles. The summed E-state index contributed by atoms with van der Waals surface area (Å²) in [6.07, 6.45) is -4.03. The topological polar surface area (TPSA) is 95.6 Å². The van der Waals surface area contributed by atoms with Crippen LogP contribution in [0.3, 0.4) is 0 Å². The number of hydrogen-bond donors (Lipinski definition) is 2. The smallest absolute Gasteiger partial charge is 0.354 e. The molecule has 0 unspecified atom stereocenters. The summed E-state index contributed by atoms with van der Waals surface area (Å²) in [4.78, 5) is 25.8. The second kappa shape index (κ2) is 12.7. The molecule has 3 aromatic rings. The average molecular weight is 604 g/mol. The van der Waals surface area contributed by atoms with Gasteiger partial charge in [-0.05, 0) is 54.5 Å². The molecule has 7 nitrogen and oxygen atoms in total. The fourth-order valence-corrected chi connectivity index (χ4v) is 6.53. The largest absolute Gasteiger partial charge is 0.416 e. The van der Waals surface area contributed by atoms with Gasteiger partial charge in [0.15, 0.2) is 0 Å². The Bertz CT molecular complexity index is 1410. The van der Waals surface area contributed by atoms with Crippen LogP contribution in [0.5, 0.6) is 0 Å². The molecule has 39 heavy (non-hydrogen) atoms. The number of sulfonamides is 1. The lowest BCUT2D eigenvalue weighted by atomic mass is 10.0. The summed E-state index contributed by atoms with van der Waals surface area (Å²) in [5, 5.41) is 5.94. The summed E-state index contributed by atoms with van der Waals surface area (Å²) in [6.45, 7) is 3.95. The highest BCUT2D eigenvalue weighted by atomic mass is 35.5. The van der Waals surface area contributed by atoms with Crippen molar-refractivity contribution >= 4 is 54.9 Å². The standard InChI is InChI=1S/C26H29ClF3N3O4S2/c1-16(2)13-20(32-25(35)22-14-17-7-4-5-8-21(17)38-22)24(34)31-11-6-12-33(3)39(36,37)23-10-9-18(15-19(23)27)26(28,29)30/h4-5,7-10,14-16,20H,6,11-13H2,1-3H3,(H,31,34)(H,32,35)/t20-/m0/s1. The van der Waals surface area contributed by atoms with Crippen molar-refractivity contribution in [2.24, 2.45) is 5.92 Å². The summed E-state index contributed by atoms with van der Waals surface area (Å²) in [5.41, 5.74) is -1.05. The molecule has 0 fully saturated rings. The van der Waals surface area contributed by atoms with E-state index in [1.807, 2.05) is 38.1 Å². The van der Waals surface area contributed by atoms with Crippen LogP contribution in [0.25, 0.3) is 10.1 Å². The Morgan fingerprint density at radius 2 is 1.79 bits per heavy atom. The number of nitrogens with zero attached hydrogens (tertiary/aromatic N) is 1. The van der Waals surface area contributed by atoms with E-state index in [-0.39, 0.29) is 31.3 Å². The first-order chi connectivity index (χ1) is 18.2. The Morgan fingerprint density at radius 3 is 2.41 bits per heavy atom. The maximum Gasteiger partial charge on any atom is 0.416 e. The number of benzene rings is 2. The second-order valence-electron chi connectivity index (χ2n) is 9.42. The van der Waals surface area contributed by atoms with Crippen molar-refractivity contribution in [1.82, 2.24) is 14.9 Å². The zero-order valence-electron chi connectivity index (χ0n) is 21.5. The molecule has 13 heteroatoms. The third kappa shape index (κ3) is 7.93. The molecule has 0 bridgehead atoms. The van der Waals surface area contributed by atoms with Gasteiger partial charge in [0, 0.05) is 24.8 Å². The number of carbonyl (C=O) groups is 2. The van der Waals surface area contributed by atoms with Crippen molar-refractivity contribution < 1.29 is 31.2 Å². The van der Waals surface area contributed by atoms with Crippen LogP contribution in [-0.2, 0) is 21.0 Å². The number of nitrogens with one attached hydrogen (secondary N) is 2. The van der Waals surface area contributed by atoms with Gasteiger partial charge in [-0.3, -0.25) is 9.59 Å². The van der Waals surface area contributed by atoms with Gasteiger partial charge in [0.25, 0.3) is 5.91 Å². The van der Waals surface area contributed by atoms with E-state index >= 15 is 0 Å². The highest BCUT2D eigenvalue weighted by molar-refractivity contribution is 7.89. The Morgan fingerprint density at radius 1 is 1.10 bits per heavy atom. The fraction of sp³-hybridized carbons (Fsp3) is 0.385. The zero-order chi connectivity index (χ0) is 29.0. The Balaban J connectivity index is 1.57. The molecule has 1 atom stereocenters. The van der Waals surface area contributed by atoms with Crippen molar-refractivity contribution in [3.8, 4) is 0 Å². The van der Waals surface area contributed by atoms with Crippen LogP contribution in [0, 0.1) is 5.92 Å². The zero-order valence-corrected chi connectivity index (χ0v) is 23.9. The highest BCUT2D eigenvalue weighted by Crippen LogP contribution is 2.34. The molecular weight excluding hydrogens is 575 g/mol. The molecule has 1 aromatic heterocycles. The van der Waals surface area contributed by atoms with Crippen LogP contribution in [0.15, 0.2) is 53.4 Å². The summed E-state index contributed by atoms with van der Waals surface area (Å²) in [5.74, 6) is -0.626. The van der Waals surface area contributed by atoms with Gasteiger partial charge in [-0.15, -0.1) is 11.3 Å². The van der Waals surface area contributed by atoms with Crippen molar-refractivity contribution in [2.45, 2.75) is 43.8 Å². The Labute approximate surface area is 234 Å². The van der Waals surface area contributed by atoms with Crippen LogP contribution >= 0.6 is 22.9 Å². The lowest BCUT2D eigenvalue weighted by molar-refractivity contribution is -0.137. The van der Waals surface area contributed by atoms with E-state index < -0.39 is 43.6 Å². The van der Waals surface area contributed by atoms with E-state index in [2.05, 4.69) is 10.6 Å². The normalized spacial score (nSPS) is 13.2. The molecule has 2 amide bonds. The molecule has 0 spiro atoms. The molecule has 2 aromatic carbocycles. The van der Waals surface area contributed by atoms with Gasteiger partial charge >= 0.3 is 6.18 Å². The average Bonchev–Trinajstić information content (AvgIpc) is 3.29. The number of rotatable bonds is 11. The predicted octanol–water partition coefficient (Wildman–Crippen LogP) is 5.55. The molecular formula is C26H29ClF3N3O4S2. The lowest BCUT2D eigenvalue weighted by Crippen LogP contribution is -2.47. The SMILES string of the molecule is CC(C)C[C@H](NC(=O)c1cc2ccccc2s1)C(=O)NCCCN(C)S(=O)(=O)c1ccc(C(F)(F)F)cc1Cl. The van der Waals surface area contributed by atoms with E-state index in [4.69, 9.17) is 11.6 Å². The maximum atomic E-state index is 12.9. The minimum Gasteiger partial charge on any atom is -0.354 e. The monoisotopic (exact) mass is 603 g/mol. The Kier molecular flexibility index (Phi) is 10.0. The number of thiophene rings is 1. The first kappa shape index (κ1) is 30.9. The fourth-order valence-electron chi connectivity index (χ4n) is 3.84. The van der Waals surface area contributed by atoms with Crippen LogP contribution in [0.1, 0.15) is 41.9 Å². The summed E-state index contributed by atoms with van der Waals surface area (Å²) in [7, 11) is -2.88. The van der Waals surface area contributed by atoms with E-state index in [1.165, 1.54) is 18.4 Å². The summed E-state index contributed by atoms with van der Waals surface area (Å²) < 4.78 is 66.2. The van der Waals surface area contributed by atoms with Crippen molar-refractivity contribution in [1.29, 1.82) is 0 Å². The van der Waals surface area contributed by atoms with Gasteiger partial charge < -0.3 is 10.6 Å². The predicted molar refractivity (Wildman–Crippen MR) is 146 cm³/mol. The molecule has 0 saturated carbocycles. The number of fused-ring (bicyclic) bond motifs is 1. The van der Waals surface area contributed by atoms with E-state index in [0.29, 0.717) is 23.4 Å². The molecule has 0 aliphatic carbocycles. The number of carbonyl (C=O) groups excluding carboxylic acids is 2. The van der Waals surface area contributed by atoms with Crippen LogP contribution in [0.4, 0.5) is 13.2 Å². The van der Waals surface area contributed by atoms with E-state index in [0.717, 1.165) is 20.5 Å². The van der Waals surface area contributed by atoms with Crippen molar-refractivity contribution in [2.75, 3.05) is 20.1 Å². The number of halogens is 4. The third-order valence-electron chi connectivity index (χ3n) is 5.87. The summed E-state index contributed by atoms with van der Waals surface area (Å²) in [6, 6.07) is 10.6. The first-order valence-corrected chi connectivity index (χ1v) is 14.7. The quantitative estimate of drug-likeness (QED) is 0.281. The van der Waals surface area contributed by atoms with Gasteiger partial charge in [0.05, 0.1) is 15.5 Å². The van der Waals surface area contributed by atoms with Crippen molar-refractivity contribution in [3.63, 3.8) is 0 Å². The number of alkyl halides is 3. The maximum absolute atomic E-state index is 12.9. The number of amides is 2. The summed E-state index contributed by atoms with van der Waals surface area (Å²) >= 11 is 7.19. The van der Waals surface area contributed by atoms with E-state index in [9.17, 15) is 31.2 Å². The van der Waals surface area contributed by atoms with Crippen molar-refractivity contribution in [3.05, 3.63) is 64.0 Å². The first-order valence-electron chi connectivity index (χ1n) is 12.1. The Hall–Kier alpha value is -2.67. The molecule has 0 saturated heterocycles.